The topological polar surface area (TPSA) is 80.8 Å². The number of halogens is 1. The molecule has 0 bridgehead atoms. The zero-order valence-electron chi connectivity index (χ0n) is 13.4. The number of rotatable bonds is 6. The number of likely N-dealkylation sites (N-methyl/N-ethyl adjacent to an activating group) is 1. The van der Waals surface area contributed by atoms with Crippen LogP contribution in [0.2, 0.25) is 0 Å². The van der Waals surface area contributed by atoms with E-state index in [1.807, 2.05) is 12.1 Å². The Hall–Kier alpha value is -1.41. The van der Waals surface area contributed by atoms with Crippen molar-refractivity contribution < 1.29 is 22.7 Å². The number of esters is 1. The van der Waals surface area contributed by atoms with Crippen LogP contribution in [-0.4, -0.2) is 55.9 Å². The van der Waals surface area contributed by atoms with E-state index in [-0.39, 0.29) is 36.5 Å². The summed E-state index contributed by atoms with van der Waals surface area (Å²) in [4.78, 5) is 25.5. The molecule has 1 saturated heterocycles. The number of ether oxygens (including phenoxy) is 1. The van der Waals surface area contributed by atoms with E-state index in [0.29, 0.717) is 13.0 Å². The number of hydrogen-bond acceptors (Lipinski definition) is 5. The molecule has 1 aromatic carbocycles. The number of benzene rings is 1. The third-order valence-electron chi connectivity index (χ3n) is 3.93. The van der Waals surface area contributed by atoms with Gasteiger partial charge in [-0.15, -0.1) is 0 Å². The zero-order chi connectivity index (χ0) is 17.7. The first kappa shape index (κ1) is 18.9. The number of carbonyl (C=O) groups excluding carboxylic acids is 2. The van der Waals surface area contributed by atoms with Gasteiger partial charge in [-0.25, -0.2) is 8.42 Å². The highest BCUT2D eigenvalue weighted by molar-refractivity contribution is 9.10. The molecule has 0 saturated carbocycles. The summed E-state index contributed by atoms with van der Waals surface area (Å²) in [7, 11) is -3.07. The molecule has 0 spiro atoms. The highest BCUT2D eigenvalue weighted by Crippen LogP contribution is 2.18. The van der Waals surface area contributed by atoms with Crippen molar-refractivity contribution in [3.63, 3.8) is 0 Å². The minimum atomic E-state index is -3.07. The predicted octanol–water partition coefficient (Wildman–Crippen LogP) is 1.57. The van der Waals surface area contributed by atoms with Gasteiger partial charge in [-0.2, -0.15) is 0 Å². The van der Waals surface area contributed by atoms with E-state index in [0.717, 1.165) is 10.0 Å². The van der Waals surface area contributed by atoms with Crippen molar-refractivity contribution in [2.45, 2.75) is 25.8 Å². The Balaban J connectivity index is 1.84. The minimum absolute atomic E-state index is 0.0145. The molecule has 6 nitrogen and oxygen atoms in total. The SMILES string of the molecule is CCN(C(=O)COC(=O)Cc1ccc(Br)cc1)C1CCS(=O)(=O)C1. The molecule has 2 rings (SSSR count). The molecule has 0 N–H and O–H groups in total. The van der Waals surface area contributed by atoms with Gasteiger partial charge in [-0.05, 0) is 31.0 Å². The molecule has 132 valence electrons. The fraction of sp³-hybridized carbons (Fsp3) is 0.500. The highest BCUT2D eigenvalue weighted by atomic mass is 79.9. The Morgan fingerprint density at radius 1 is 1.29 bits per heavy atom. The largest absolute Gasteiger partial charge is 0.455 e. The number of nitrogens with zero attached hydrogens (tertiary/aromatic N) is 1. The lowest BCUT2D eigenvalue weighted by Crippen LogP contribution is -2.43. The van der Waals surface area contributed by atoms with Crippen LogP contribution < -0.4 is 0 Å². The van der Waals surface area contributed by atoms with E-state index in [4.69, 9.17) is 4.74 Å². The molecule has 0 radical (unpaired) electrons. The second-order valence-electron chi connectivity index (χ2n) is 5.70. The van der Waals surface area contributed by atoms with Crippen LogP contribution in [0.25, 0.3) is 0 Å². The van der Waals surface area contributed by atoms with Crippen LogP contribution in [0.1, 0.15) is 18.9 Å². The van der Waals surface area contributed by atoms with Crippen molar-refractivity contribution in [3.8, 4) is 0 Å². The van der Waals surface area contributed by atoms with Crippen LogP contribution >= 0.6 is 15.9 Å². The van der Waals surface area contributed by atoms with Crippen LogP contribution in [0.3, 0.4) is 0 Å². The summed E-state index contributed by atoms with van der Waals surface area (Å²) in [5, 5.41) is 0. The number of amides is 1. The highest BCUT2D eigenvalue weighted by Gasteiger charge is 2.34. The van der Waals surface area contributed by atoms with Gasteiger partial charge < -0.3 is 9.64 Å². The second kappa shape index (κ2) is 8.11. The number of hydrogen-bond donors (Lipinski definition) is 0. The second-order valence-corrected chi connectivity index (χ2v) is 8.84. The summed E-state index contributed by atoms with van der Waals surface area (Å²) < 4.78 is 29.1. The molecule has 1 aromatic rings. The summed E-state index contributed by atoms with van der Waals surface area (Å²) in [6.07, 6.45) is 0.527. The summed E-state index contributed by atoms with van der Waals surface area (Å²) in [5.74, 6) is -0.756. The van der Waals surface area contributed by atoms with Crippen molar-refractivity contribution in [2.24, 2.45) is 0 Å². The normalized spacial score (nSPS) is 19.0. The fourth-order valence-electron chi connectivity index (χ4n) is 2.70. The molecular formula is C16H20BrNO5S. The Kier molecular flexibility index (Phi) is 6.40. The lowest BCUT2D eigenvalue weighted by atomic mass is 10.2. The Morgan fingerprint density at radius 2 is 1.96 bits per heavy atom. The van der Waals surface area contributed by atoms with Crippen LogP contribution in [0.4, 0.5) is 0 Å². The van der Waals surface area contributed by atoms with Gasteiger partial charge in [0.1, 0.15) is 0 Å². The fourth-order valence-corrected chi connectivity index (χ4v) is 4.70. The molecule has 1 aliphatic heterocycles. The Bertz CT molecular complexity index is 702. The number of carbonyl (C=O) groups is 2. The van der Waals surface area contributed by atoms with Crippen molar-refractivity contribution in [1.82, 2.24) is 4.90 Å². The molecule has 24 heavy (non-hydrogen) atoms. The third-order valence-corrected chi connectivity index (χ3v) is 6.21. The van der Waals surface area contributed by atoms with E-state index >= 15 is 0 Å². The Morgan fingerprint density at radius 3 is 2.50 bits per heavy atom. The first-order chi connectivity index (χ1) is 11.3. The monoisotopic (exact) mass is 417 g/mol. The molecular weight excluding hydrogens is 398 g/mol. The average molecular weight is 418 g/mol. The summed E-state index contributed by atoms with van der Waals surface area (Å²) in [6, 6.07) is 6.93. The van der Waals surface area contributed by atoms with Crippen LogP contribution in [0.15, 0.2) is 28.7 Å². The molecule has 1 atom stereocenters. The zero-order valence-corrected chi connectivity index (χ0v) is 15.8. The maximum Gasteiger partial charge on any atom is 0.310 e. The van der Waals surface area contributed by atoms with Gasteiger partial charge in [0, 0.05) is 17.1 Å². The van der Waals surface area contributed by atoms with Gasteiger partial charge in [0.05, 0.1) is 17.9 Å². The Labute approximate surface area is 150 Å². The van der Waals surface area contributed by atoms with E-state index in [1.165, 1.54) is 4.90 Å². The van der Waals surface area contributed by atoms with E-state index in [1.54, 1.807) is 19.1 Å². The van der Waals surface area contributed by atoms with Gasteiger partial charge in [0.15, 0.2) is 16.4 Å². The maximum atomic E-state index is 12.2. The summed E-state index contributed by atoms with van der Waals surface area (Å²) in [6.45, 7) is 1.82. The first-order valence-electron chi connectivity index (χ1n) is 7.70. The first-order valence-corrected chi connectivity index (χ1v) is 10.3. The van der Waals surface area contributed by atoms with Gasteiger partial charge in [-0.3, -0.25) is 9.59 Å². The molecule has 1 fully saturated rings. The predicted molar refractivity (Wildman–Crippen MR) is 93.3 cm³/mol. The van der Waals surface area contributed by atoms with E-state index < -0.39 is 15.8 Å². The van der Waals surface area contributed by atoms with Crippen LogP contribution in [0, 0.1) is 0 Å². The maximum absolute atomic E-state index is 12.2. The third kappa shape index (κ3) is 5.31. The van der Waals surface area contributed by atoms with Crippen molar-refractivity contribution in [1.29, 1.82) is 0 Å². The average Bonchev–Trinajstić information content (AvgIpc) is 2.88. The molecule has 8 heteroatoms. The van der Waals surface area contributed by atoms with Crippen molar-refractivity contribution in [3.05, 3.63) is 34.3 Å². The van der Waals surface area contributed by atoms with E-state index in [9.17, 15) is 18.0 Å². The lowest BCUT2D eigenvalue weighted by Gasteiger charge is -2.26. The smallest absolute Gasteiger partial charge is 0.310 e. The molecule has 1 amide bonds. The van der Waals surface area contributed by atoms with Gasteiger partial charge >= 0.3 is 5.97 Å². The molecule has 1 aliphatic rings. The molecule has 0 aromatic heterocycles. The van der Waals surface area contributed by atoms with Gasteiger partial charge in [0.2, 0.25) is 0 Å². The van der Waals surface area contributed by atoms with Crippen molar-refractivity contribution >= 4 is 37.6 Å². The molecule has 0 aliphatic carbocycles. The minimum Gasteiger partial charge on any atom is -0.455 e. The lowest BCUT2D eigenvalue weighted by molar-refractivity contribution is -0.152. The molecule has 1 heterocycles. The summed E-state index contributed by atoms with van der Waals surface area (Å²) >= 11 is 3.32. The van der Waals surface area contributed by atoms with Gasteiger partial charge in [0.25, 0.3) is 5.91 Å². The molecule has 1 unspecified atom stereocenters. The number of sulfone groups is 1. The summed E-state index contributed by atoms with van der Waals surface area (Å²) in [5.41, 5.74) is 0.796. The van der Waals surface area contributed by atoms with Crippen LogP contribution in [0.5, 0.6) is 0 Å². The quantitative estimate of drug-likeness (QED) is 0.656. The van der Waals surface area contributed by atoms with E-state index in [2.05, 4.69) is 15.9 Å². The van der Waals surface area contributed by atoms with Crippen molar-refractivity contribution in [2.75, 3.05) is 24.7 Å². The van der Waals surface area contributed by atoms with Gasteiger partial charge in [-0.1, -0.05) is 28.1 Å². The standard InChI is InChI=1S/C16H20BrNO5S/c1-2-18(14-7-8-24(21,22)11-14)15(19)10-23-16(20)9-12-3-5-13(17)6-4-12/h3-6,14H,2,7-11H2,1H3. The van der Waals surface area contributed by atoms with Crippen LogP contribution in [-0.2, 0) is 30.6 Å².